The minimum Gasteiger partial charge on any atom is -0.495 e. The molecule has 3 amide bonds. The van der Waals surface area contributed by atoms with E-state index in [4.69, 9.17) is 4.74 Å². The Bertz CT molecular complexity index is 1680. The molecule has 0 bridgehead atoms. The van der Waals surface area contributed by atoms with Crippen LogP contribution in [0.2, 0.25) is 0 Å². The molecule has 1 fully saturated rings. The molecular formula is C35H40N8O3. The molecule has 3 N–H and O–H groups in total. The van der Waals surface area contributed by atoms with Crippen LogP contribution in [0.25, 0.3) is 0 Å². The topological polar surface area (TPSA) is 115 Å². The minimum atomic E-state index is -0.363. The summed E-state index contributed by atoms with van der Waals surface area (Å²) in [6.45, 7) is 14.6. The van der Waals surface area contributed by atoms with E-state index < -0.39 is 0 Å². The first-order valence-corrected chi connectivity index (χ1v) is 15.2. The molecule has 3 aromatic carbocycles. The van der Waals surface area contributed by atoms with Crippen molar-refractivity contribution in [2.75, 3.05) is 65.6 Å². The van der Waals surface area contributed by atoms with Crippen molar-refractivity contribution in [3.8, 4) is 5.75 Å². The van der Waals surface area contributed by atoms with Gasteiger partial charge in [0.15, 0.2) is 0 Å². The molecule has 5 rings (SSSR count). The molecule has 1 aliphatic heterocycles. The largest absolute Gasteiger partial charge is 0.495 e. The number of nitrogens with zero attached hydrogens (tertiary/aromatic N) is 5. The Labute approximate surface area is 269 Å². The van der Waals surface area contributed by atoms with Gasteiger partial charge in [-0.15, -0.1) is 0 Å². The highest BCUT2D eigenvalue weighted by Crippen LogP contribution is 2.33. The van der Waals surface area contributed by atoms with Gasteiger partial charge in [-0.05, 0) is 80.1 Å². The number of benzene rings is 3. The predicted octanol–water partition coefficient (Wildman–Crippen LogP) is 6.48. The number of rotatable bonds is 10. The third-order valence-corrected chi connectivity index (χ3v) is 8.01. The number of piperazine rings is 1. The van der Waals surface area contributed by atoms with Crippen molar-refractivity contribution in [1.29, 1.82) is 0 Å². The van der Waals surface area contributed by atoms with E-state index >= 15 is 0 Å². The number of para-hydroxylation sites is 1. The first-order chi connectivity index (χ1) is 22.3. The summed E-state index contributed by atoms with van der Waals surface area (Å²) in [5.41, 5.74) is 5.52. The summed E-state index contributed by atoms with van der Waals surface area (Å²) in [4.78, 5) is 41.2. The second kappa shape index (κ2) is 14.6. The molecule has 0 aliphatic carbocycles. The molecule has 1 saturated heterocycles. The first kappa shape index (κ1) is 32.0. The lowest BCUT2D eigenvalue weighted by Gasteiger charge is -2.35. The Morgan fingerprint density at radius 3 is 2.33 bits per heavy atom. The summed E-state index contributed by atoms with van der Waals surface area (Å²) in [6, 6.07) is 20.4. The summed E-state index contributed by atoms with van der Waals surface area (Å²) < 4.78 is 5.53. The molecule has 0 radical (unpaired) electrons. The molecule has 0 saturated carbocycles. The number of hydrogen-bond donors (Lipinski definition) is 3. The summed E-state index contributed by atoms with van der Waals surface area (Å²) in [7, 11) is 1.56. The van der Waals surface area contributed by atoms with E-state index in [0.29, 0.717) is 34.4 Å². The van der Waals surface area contributed by atoms with E-state index in [1.807, 2.05) is 56.3 Å². The van der Waals surface area contributed by atoms with Gasteiger partial charge in [0.25, 0.3) is 0 Å². The fraction of sp³-hybridized carbons (Fsp3) is 0.257. The van der Waals surface area contributed by atoms with Gasteiger partial charge in [-0.3, -0.25) is 4.79 Å². The van der Waals surface area contributed by atoms with Crippen LogP contribution in [0.1, 0.15) is 18.1 Å². The van der Waals surface area contributed by atoms with E-state index in [0.717, 1.165) is 55.2 Å². The van der Waals surface area contributed by atoms with Gasteiger partial charge >= 0.3 is 6.03 Å². The second-order valence-corrected chi connectivity index (χ2v) is 11.0. The molecule has 238 valence electrons. The number of aryl methyl sites for hydroxylation is 2. The monoisotopic (exact) mass is 620 g/mol. The zero-order valence-electron chi connectivity index (χ0n) is 26.7. The van der Waals surface area contributed by atoms with Gasteiger partial charge in [0.1, 0.15) is 23.7 Å². The predicted molar refractivity (Wildman–Crippen MR) is 185 cm³/mol. The van der Waals surface area contributed by atoms with Crippen molar-refractivity contribution in [3.63, 3.8) is 0 Å². The highest BCUT2D eigenvalue weighted by molar-refractivity contribution is 6.07. The van der Waals surface area contributed by atoms with Crippen LogP contribution in [0.3, 0.4) is 0 Å². The Balaban J connectivity index is 1.47. The molecule has 0 atom stereocenters. The maximum absolute atomic E-state index is 14.1. The van der Waals surface area contributed by atoms with E-state index in [-0.39, 0.29) is 11.9 Å². The number of nitrogens with one attached hydrogen (secondary N) is 3. The number of amides is 3. The van der Waals surface area contributed by atoms with Crippen LogP contribution in [0, 0.1) is 13.8 Å². The van der Waals surface area contributed by atoms with Gasteiger partial charge in [0.2, 0.25) is 5.91 Å². The Kier molecular flexibility index (Phi) is 10.1. The summed E-state index contributed by atoms with van der Waals surface area (Å²) in [5, 5.41) is 9.10. The quantitative estimate of drug-likeness (QED) is 0.173. The molecule has 11 heteroatoms. The summed E-state index contributed by atoms with van der Waals surface area (Å²) >= 11 is 0. The normalized spacial score (nSPS) is 13.1. The lowest BCUT2D eigenvalue weighted by molar-refractivity contribution is -0.111. The number of anilines is 7. The lowest BCUT2D eigenvalue weighted by Crippen LogP contribution is -2.46. The number of hydrogen-bond acceptors (Lipinski definition) is 8. The standard InChI is InChI=1S/C35H40N8O3/c1-6-33(44)38-26-11-16-30(46-5)29(21-26)39-31-22-32(37-23-36-31)43(35(45)40-34-24(3)9-8-10-25(34)4)28-14-12-27(13-15-28)42-19-17-41(7-2)18-20-42/h6,8-16,21-23H,1,7,17-20H2,2-5H3,(H,38,44)(H,40,45)(H,36,37,39). The molecule has 0 unspecified atom stereocenters. The Morgan fingerprint density at radius 1 is 0.957 bits per heavy atom. The molecule has 4 aromatic rings. The van der Waals surface area contributed by atoms with Gasteiger partial charge in [-0.2, -0.15) is 0 Å². The van der Waals surface area contributed by atoms with Gasteiger partial charge in [0, 0.05) is 49.3 Å². The van der Waals surface area contributed by atoms with Crippen LogP contribution >= 0.6 is 0 Å². The minimum absolute atomic E-state index is 0.333. The zero-order chi connectivity index (χ0) is 32.6. The summed E-state index contributed by atoms with van der Waals surface area (Å²) in [5.74, 6) is 0.989. The first-order valence-electron chi connectivity index (χ1n) is 15.2. The lowest BCUT2D eigenvalue weighted by atomic mass is 10.1. The van der Waals surface area contributed by atoms with E-state index in [2.05, 4.69) is 49.2 Å². The maximum Gasteiger partial charge on any atom is 0.332 e. The Hall–Kier alpha value is -5.42. The van der Waals surface area contributed by atoms with Crippen molar-refractivity contribution in [1.82, 2.24) is 14.9 Å². The molecule has 0 spiro atoms. The smallest absolute Gasteiger partial charge is 0.332 e. The van der Waals surface area contributed by atoms with Gasteiger partial charge < -0.3 is 30.5 Å². The van der Waals surface area contributed by atoms with Crippen LogP contribution < -0.4 is 30.5 Å². The number of ether oxygens (including phenoxy) is 1. The number of methoxy groups -OCH3 is 1. The van der Waals surface area contributed by atoms with Crippen molar-refractivity contribution in [2.45, 2.75) is 20.8 Å². The third kappa shape index (κ3) is 7.44. The van der Waals surface area contributed by atoms with Gasteiger partial charge in [0.05, 0.1) is 18.5 Å². The number of carbonyl (C=O) groups is 2. The molecule has 11 nitrogen and oxygen atoms in total. The number of likely N-dealkylation sites (N-methyl/N-ethyl adjacent to an activating group) is 1. The average molecular weight is 621 g/mol. The number of urea groups is 1. The van der Waals surface area contributed by atoms with Gasteiger partial charge in [-0.1, -0.05) is 31.7 Å². The highest BCUT2D eigenvalue weighted by atomic mass is 16.5. The molecule has 46 heavy (non-hydrogen) atoms. The molecule has 1 aliphatic rings. The highest BCUT2D eigenvalue weighted by Gasteiger charge is 2.23. The van der Waals surface area contributed by atoms with Crippen molar-refractivity contribution < 1.29 is 14.3 Å². The Morgan fingerprint density at radius 2 is 1.67 bits per heavy atom. The molecule has 2 heterocycles. The van der Waals surface area contributed by atoms with Crippen LogP contribution in [-0.4, -0.2) is 66.6 Å². The average Bonchev–Trinajstić information content (AvgIpc) is 3.07. The van der Waals surface area contributed by atoms with Crippen molar-refractivity contribution in [3.05, 3.63) is 96.8 Å². The maximum atomic E-state index is 14.1. The van der Waals surface area contributed by atoms with Crippen LogP contribution in [-0.2, 0) is 4.79 Å². The number of carbonyl (C=O) groups excluding carboxylic acids is 2. The summed E-state index contributed by atoms with van der Waals surface area (Å²) in [6.07, 6.45) is 2.60. The number of aromatic nitrogens is 2. The van der Waals surface area contributed by atoms with Crippen molar-refractivity contribution in [2.24, 2.45) is 0 Å². The van der Waals surface area contributed by atoms with E-state index in [1.165, 1.54) is 17.3 Å². The van der Waals surface area contributed by atoms with E-state index in [1.54, 1.807) is 31.4 Å². The van der Waals surface area contributed by atoms with Crippen LogP contribution in [0.5, 0.6) is 5.75 Å². The zero-order valence-corrected chi connectivity index (χ0v) is 26.7. The third-order valence-electron chi connectivity index (χ3n) is 8.01. The van der Waals surface area contributed by atoms with Crippen molar-refractivity contribution >= 4 is 52.0 Å². The fourth-order valence-electron chi connectivity index (χ4n) is 5.42. The van der Waals surface area contributed by atoms with E-state index in [9.17, 15) is 9.59 Å². The van der Waals surface area contributed by atoms with Crippen LogP contribution in [0.15, 0.2) is 85.7 Å². The van der Waals surface area contributed by atoms with Crippen LogP contribution in [0.4, 0.5) is 44.9 Å². The van der Waals surface area contributed by atoms with Gasteiger partial charge in [-0.25, -0.2) is 19.7 Å². The molecular weight excluding hydrogens is 580 g/mol. The molecule has 1 aromatic heterocycles. The second-order valence-electron chi connectivity index (χ2n) is 11.0. The SMILES string of the molecule is C=CC(=O)Nc1ccc(OC)c(Nc2cc(N(C(=O)Nc3c(C)cccc3C)c3ccc(N4CCN(CC)CC4)cc3)ncn2)c1. The fourth-order valence-corrected chi connectivity index (χ4v) is 5.42.